The van der Waals surface area contributed by atoms with E-state index >= 15 is 0 Å². The molecule has 2 heterocycles. The van der Waals surface area contributed by atoms with Gasteiger partial charge in [-0.25, -0.2) is 9.67 Å². The van der Waals surface area contributed by atoms with Crippen molar-refractivity contribution >= 4 is 0 Å². The zero-order valence-electron chi connectivity index (χ0n) is 14.3. The maximum Gasteiger partial charge on any atom is 0.141 e. The molecule has 2 unspecified atom stereocenters. The van der Waals surface area contributed by atoms with Crippen molar-refractivity contribution in [2.75, 3.05) is 13.1 Å². The lowest BCUT2D eigenvalue weighted by Gasteiger charge is -2.45. The fourth-order valence-electron chi connectivity index (χ4n) is 3.10. The Labute approximate surface area is 129 Å². The van der Waals surface area contributed by atoms with Crippen molar-refractivity contribution in [1.82, 2.24) is 25.0 Å². The summed E-state index contributed by atoms with van der Waals surface area (Å²) in [6.45, 7) is 15.3. The van der Waals surface area contributed by atoms with E-state index in [0.717, 1.165) is 32.0 Å². The molecule has 21 heavy (non-hydrogen) atoms. The smallest absolute Gasteiger partial charge is 0.141 e. The largest absolute Gasteiger partial charge is 0.311 e. The lowest BCUT2D eigenvalue weighted by Crippen LogP contribution is -2.60. The molecule has 0 amide bonds. The molecule has 1 fully saturated rings. The van der Waals surface area contributed by atoms with Crippen molar-refractivity contribution in [2.24, 2.45) is 5.41 Å². The lowest BCUT2D eigenvalue weighted by atomic mass is 9.84. The van der Waals surface area contributed by atoms with Crippen LogP contribution in [0.15, 0.2) is 6.33 Å². The van der Waals surface area contributed by atoms with Gasteiger partial charge in [-0.2, -0.15) is 5.10 Å². The minimum absolute atomic E-state index is 0.286. The molecule has 1 aromatic rings. The molecule has 5 nitrogen and oxygen atoms in total. The average molecular weight is 293 g/mol. The van der Waals surface area contributed by atoms with Crippen molar-refractivity contribution in [2.45, 2.75) is 72.6 Å². The lowest BCUT2D eigenvalue weighted by molar-refractivity contribution is 0.0715. The monoisotopic (exact) mass is 293 g/mol. The van der Waals surface area contributed by atoms with E-state index in [9.17, 15) is 0 Å². The number of aryl methyl sites for hydroxylation is 1. The molecule has 0 saturated carbocycles. The van der Waals surface area contributed by atoms with E-state index in [-0.39, 0.29) is 5.41 Å². The van der Waals surface area contributed by atoms with Gasteiger partial charge in [-0.1, -0.05) is 34.1 Å². The molecule has 2 rings (SSSR count). The Hall–Kier alpha value is -0.940. The number of nitrogens with zero attached hydrogens (tertiary/aromatic N) is 4. The van der Waals surface area contributed by atoms with Gasteiger partial charge in [0.15, 0.2) is 0 Å². The minimum Gasteiger partial charge on any atom is -0.311 e. The standard InChI is InChI=1S/C16H31N5/c1-6-8-13-9-17-14(16(3,4)5)10-20(13)11-15-18-12-19-21(15)7-2/h12-14,17H,6-11H2,1-5H3. The molecule has 1 aliphatic heterocycles. The molecule has 0 aliphatic carbocycles. The van der Waals surface area contributed by atoms with Gasteiger partial charge in [-0.05, 0) is 18.8 Å². The van der Waals surface area contributed by atoms with E-state index in [0.29, 0.717) is 12.1 Å². The first-order valence-electron chi connectivity index (χ1n) is 8.29. The van der Waals surface area contributed by atoms with Crippen LogP contribution in [0.5, 0.6) is 0 Å². The van der Waals surface area contributed by atoms with Crippen molar-refractivity contribution in [3.8, 4) is 0 Å². The van der Waals surface area contributed by atoms with Crippen LogP contribution in [0, 0.1) is 5.41 Å². The molecule has 1 saturated heterocycles. The van der Waals surface area contributed by atoms with Crippen LogP contribution < -0.4 is 5.32 Å². The van der Waals surface area contributed by atoms with Gasteiger partial charge < -0.3 is 5.32 Å². The predicted octanol–water partition coefficient (Wildman–Crippen LogP) is 2.29. The summed E-state index contributed by atoms with van der Waals surface area (Å²) >= 11 is 0. The van der Waals surface area contributed by atoms with Crippen LogP contribution in [0.3, 0.4) is 0 Å². The summed E-state index contributed by atoms with van der Waals surface area (Å²) in [5, 5.41) is 8.05. The van der Waals surface area contributed by atoms with Crippen molar-refractivity contribution in [1.29, 1.82) is 0 Å². The Morgan fingerprint density at radius 1 is 1.33 bits per heavy atom. The van der Waals surface area contributed by atoms with E-state index < -0.39 is 0 Å². The molecule has 0 aromatic carbocycles. The first-order valence-corrected chi connectivity index (χ1v) is 8.29. The van der Waals surface area contributed by atoms with Gasteiger partial charge in [0, 0.05) is 31.7 Å². The molecule has 2 atom stereocenters. The fourth-order valence-corrected chi connectivity index (χ4v) is 3.10. The quantitative estimate of drug-likeness (QED) is 0.905. The van der Waals surface area contributed by atoms with E-state index in [1.165, 1.54) is 12.8 Å². The summed E-state index contributed by atoms with van der Waals surface area (Å²) in [7, 11) is 0. The summed E-state index contributed by atoms with van der Waals surface area (Å²) < 4.78 is 2.01. The maximum absolute atomic E-state index is 4.45. The second kappa shape index (κ2) is 6.88. The van der Waals surface area contributed by atoms with Gasteiger partial charge in [0.2, 0.25) is 0 Å². The van der Waals surface area contributed by atoms with Crippen LogP contribution in [-0.2, 0) is 13.1 Å². The molecule has 1 aliphatic rings. The predicted molar refractivity (Wildman–Crippen MR) is 86.0 cm³/mol. The molecule has 120 valence electrons. The van der Waals surface area contributed by atoms with Crippen LogP contribution in [0.4, 0.5) is 0 Å². The Balaban J connectivity index is 2.10. The van der Waals surface area contributed by atoms with Crippen LogP contribution >= 0.6 is 0 Å². The first-order chi connectivity index (χ1) is 9.95. The van der Waals surface area contributed by atoms with Gasteiger partial charge in [-0.15, -0.1) is 0 Å². The van der Waals surface area contributed by atoms with E-state index in [4.69, 9.17) is 0 Å². The summed E-state index contributed by atoms with van der Waals surface area (Å²) in [5.74, 6) is 1.09. The average Bonchev–Trinajstić information content (AvgIpc) is 2.87. The van der Waals surface area contributed by atoms with Crippen molar-refractivity contribution in [3.05, 3.63) is 12.2 Å². The minimum atomic E-state index is 0.286. The normalized spacial score (nSPS) is 24.4. The molecule has 1 aromatic heterocycles. The van der Waals surface area contributed by atoms with Crippen LogP contribution in [0.2, 0.25) is 0 Å². The van der Waals surface area contributed by atoms with Gasteiger partial charge in [0.1, 0.15) is 12.2 Å². The first kappa shape index (κ1) is 16.4. The third kappa shape index (κ3) is 4.04. The van der Waals surface area contributed by atoms with Gasteiger partial charge in [0.25, 0.3) is 0 Å². The van der Waals surface area contributed by atoms with E-state index in [1.54, 1.807) is 6.33 Å². The van der Waals surface area contributed by atoms with Crippen molar-refractivity contribution in [3.63, 3.8) is 0 Å². The summed E-state index contributed by atoms with van der Waals surface area (Å²) in [5.41, 5.74) is 0.286. The molecular weight excluding hydrogens is 262 g/mol. The Morgan fingerprint density at radius 3 is 2.71 bits per heavy atom. The SMILES string of the molecule is CCCC1CNC(C(C)(C)C)CN1Cc1ncnn1CC. The number of hydrogen-bond acceptors (Lipinski definition) is 4. The third-order valence-corrected chi connectivity index (χ3v) is 4.54. The molecule has 5 heteroatoms. The second-order valence-corrected chi connectivity index (χ2v) is 7.19. The van der Waals surface area contributed by atoms with Crippen LogP contribution in [0.1, 0.15) is 53.3 Å². The number of rotatable bonds is 5. The molecule has 0 bridgehead atoms. The Morgan fingerprint density at radius 2 is 2.10 bits per heavy atom. The highest BCUT2D eigenvalue weighted by atomic mass is 15.4. The fraction of sp³-hybridized carbons (Fsp3) is 0.875. The van der Waals surface area contributed by atoms with Crippen LogP contribution in [-0.4, -0.2) is 44.8 Å². The van der Waals surface area contributed by atoms with E-state index in [2.05, 4.69) is 54.9 Å². The topological polar surface area (TPSA) is 46.0 Å². The number of nitrogens with one attached hydrogen (secondary N) is 1. The van der Waals surface area contributed by atoms with Gasteiger partial charge in [0.05, 0.1) is 6.54 Å². The molecular formula is C16H31N5. The highest BCUT2D eigenvalue weighted by Crippen LogP contribution is 2.25. The maximum atomic E-state index is 4.45. The zero-order chi connectivity index (χ0) is 15.5. The van der Waals surface area contributed by atoms with Gasteiger partial charge in [-0.3, -0.25) is 4.90 Å². The Bertz CT molecular complexity index is 434. The van der Waals surface area contributed by atoms with Crippen molar-refractivity contribution < 1.29 is 0 Å². The third-order valence-electron chi connectivity index (χ3n) is 4.54. The number of aromatic nitrogens is 3. The highest BCUT2D eigenvalue weighted by molar-refractivity contribution is 4.95. The molecule has 1 N–H and O–H groups in total. The summed E-state index contributed by atoms with van der Waals surface area (Å²) in [4.78, 5) is 7.06. The summed E-state index contributed by atoms with van der Waals surface area (Å²) in [6.07, 6.45) is 4.14. The number of hydrogen-bond donors (Lipinski definition) is 1. The number of piperazine rings is 1. The molecule has 0 radical (unpaired) electrons. The van der Waals surface area contributed by atoms with Crippen LogP contribution in [0.25, 0.3) is 0 Å². The second-order valence-electron chi connectivity index (χ2n) is 7.19. The van der Waals surface area contributed by atoms with E-state index in [1.807, 2.05) is 4.68 Å². The molecule has 0 spiro atoms. The van der Waals surface area contributed by atoms with Gasteiger partial charge >= 0.3 is 0 Å². The highest BCUT2D eigenvalue weighted by Gasteiger charge is 2.34. The Kier molecular flexibility index (Phi) is 5.38. The summed E-state index contributed by atoms with van der Waals surface area (Å²) in [6, 6.07) is 1.14. The zero-order valence-corrected chi connectivity index (χ0v) is 14.3.